The van der Waals surface area contributed by atoms with Crippen LogP contribution < -0.4 is 16.0 Å². The van der Waals surface area contributed by atoms with E-state index in [0.29, 0.717) is 13.0 Å². The molecule has 0 spiro atoms. The zero-order valence-electron chi connectivity index (χ0n) is 12.4. The van der Waals surface area contributed by atoms with Crippen molar-refractivity contribution in [3.05, 3.63) is 18.3 Å². The van der Waals surface area contributed by atoms with Crippen LogP contribution in [0.4, 0.5) is 11.5 Å². The fraction of sp³-hybridized carbons (Fsp3) is 0.600. The number of nitrogens with one attached hydrogen (secondary N) is 1. The molecule has 2 rings (SSSR count). The lowest BCUT2D eigenvalue weighted by atomic mass is 9.86. The molecule has 1 amide bonds. The Balaban J connectivity index is 2.19. The van der Waals surface area contributed by atoms with Crippen molar-refractivity contribution in [1.82, 2.24) is 4.98 Å². The molecular formula is C15H24N4O. The molecule has 0 aromatic carbocycles. The first kappa shape index (κ1) is 14.8. The summed E-state index contributed by atoms with van der Waals surface area (Å²) in [6, 6.07) is 3.76. The molecule has 2 heterocycles. The van der Waals surface area contributed by atoms with E-state index in [1.807, 2.05) is 26.0 Å². The summed E-state index contributed by atoms with van der Waals surface area (Å²) in [7, 11) is 0. The summed E-state index contributed by atoms with van der Waals surface area (Å²) in [5.74, 6) is 0.838. The topological polar surface area (TPSA) is 71.2 Å². The Hall–Kier alpha value is -1.62. The highest BCUT2D eigenvalue weighted by Crippen LogP contribution is 2.28. The summed E-state index contributed by atoms with van der Waals surface area (Å²) in [4.78, 5) is 19.1. The van der Waals surface area contributed by atoms with Crippen LogP contribution in [-0.2, 0) is 4.79 Å². The molecule has 1 saturated heterocycles. The zero-order chi connectivity index (χ0) is 14.6. The maximum absolute atomic E-state index is 12.4. The number of nitrogens with zero attached hydrogens (tertiary/aromatic N) is 2. The van der Waals surface area contributed by atoms with Crippen molar-refractivity contribution < 1.29 is 4.79 Å². The number of amides is 1. The molecule has 1 fully saturated rings. The molecule has 1 aliphatic rings. The Morgan fingerprint density at radius 1 is 1.50 bits per heavy atom. The van der Waals surface area contributed by atoms with Crippen LogP contribution in [0.5, 0.6) is 0 Å². The third kappa shape index (κ3) is 2.93. The second kappa shape index (κ2) is 6.22. The summed E-state index contributed by atoms with van der Waals surface area (Å²) < 4.78 is 0. The fourth-order valence-corrected chi connectivity index (χ4v) is 2.35. The number of carbonyl (C=O) groups excluding carboxylic acids is 1. The average Bonchev–Trinajstić information content (AvgIpc) is 3.01. The molecule has 1 unspecified atom stereocenters. The van der Waals surface area contributed by atoms with Gasteiger partial charge in [0.15, 0.2) is 5.82 Å². The van der Waals surface area contributed by atoms with E-state index in [1.165, 1.54) is 12.8 Å². The SMILES string of the molecule is CCC(C)(CN)C(=O)Nc1cccnc1N1CCCC1. The van der Waals surface area contributed by atoms with E-state index >= 15 is 0 Å². The maximum atomic E-state index is 12.4. The van der Waals surface area contributed by atoms with Gasteiger partial charge in [-0.05, 0) is 38.3 Å². The predicted molar refractivity (Wildman–Crippen MR) is 81.8 cm³/mol. The molecule has 1 aromatic rings. The standard InChI is InChI=1S/C15H24N4O/c1-3-15(2,11-16)14(20)18-12-7-6-8-17-13(12)19-9-4-5-10-19/h6-8H,3-5,9-11,16H2,1-2H3,(H,18,20). The van der Waals surface area contributed by atoms with Crippen molar-refractivity contribution in [2.45, 2.75) is 33.1 Å². The van der Waals surface area contributed by atoms with Gasteiger partial charge in [0.2, 0.25) is 5.91 Å². The Morgan fingerprint density at radius 2 is 2.20 bits per heavy atom. The van der Waals surface area contributed by atoms with E-state index in [4.69, 9.17) is 5.73 Å². The van der Waals surface area contributed by atoms with E-state index < -0.39 is 5.41 Å². The summed E-state index contributed by atoms with van der Waals surface area (Å²) in [5, 5.41) is 3.01. The minimum Gasteiger partial charge on any atom is -0.355 e. The van der Waals surface area contributed by atoms with Crippen molar-refractivity contribution in [2.24, 2.45) is 11.1 Å². The third-order valence-electron chi connectivity index (χ3n) is 4.22. The highest BCUT2D eigenvalue weighted by Gasteiger charge is 2.30. The van der Waals surface area contributed by atoms with E-state index in [9.17, 15) is 4.79 Å². The zero-order valence-corrected chi connectivity index (χ0v) is 12.4. The van der Waals surface area contributed by atoms with Crippen LogP contribution in [0.3, 0.4) is 0 Å². The first-order valence-electron chi connectivity index (χ1n) is 7.32. The van der Waals surface area contributed by atoms with Gasteiger partial charge < -0.3 is 16.0 Å². The largest absolute Gasteiger partial charge is 0.355 e. The second-order valence-electron chi connectivity index (χ2n) is 5.64. The average molecular weight is 276 g/mol. The number of pyridine rings is 1. The van der Waals surface area contributed by atoms with Crippen molar-refractivity contribution in [3.8, 4) is 0 Å². The van der Waals surface area contributed by atoms with Gasteiger partial charge in [-0.15, -0.1) is 0 Å². The number of rotatable bonds is 5. The first-order chi connectivity index (χ1) is 9.60. The minimum absolute atomic E-state index is 0.0315. The van der Waals surface area contributed by atoms with Gasteiger partial charge in [-0.25, -0.2) is 4.98 Å². The lowest BCUT2D eigenvalue weighted by Crippen LogP contribution is -2.39. The monoisotopic (exact) mass is 276 g/mol. The van der Waals surface area contributed by atoms with E-state index in [1.54, 1.807) is 6.20 Å². The summed E-state index contributed by atoms with van der Waals surface area (Å²) in [6.07, 6.45) is 4.85. The Labute approximate surface area is 120 Å². The van der Waals surface area contributed by atoms with Gasteiger partial charge in [-0.2, -0.15) is 0 Å². The van der Waals surface area contributed by atoms with Gasteiger partial charge in [0.05, 0.1) is 11.1 Å². The van der Waals surface area contributed by atoms with E-state index in [0.717, 1.165) is 24.6 Å². The molecular weight excluding hydrogens is 252 g/mol. The van der Waals surface area contributed by atoms with Gasteiger partial charge in [-0.3, -0.25) is 4.79 Å². The number of aromatic nitrogens is 1. The highest BCUT2D eigenvalue weighted by molar-refractivity contribution is 5.97. The molecule has 3 N–H and O–H groups in total. The lowest BCUT2D eigenvalue weighted by Gasteiger charge is -2.26. The predicted octanol–water partition coefficient (Wildman–Crippen LogP) is 2.00. The van der Waals surface area contributed by atoms with Gasteiger partial charge in [-0.1, -0.05) is 6.92 Å². The maximum Gasteiger partial charge on any atom is 0.231 e. The summed E-state index contributed by atoms with van der Waals surface area (Å²) in [5.41, 5.74) is 6.00. The van der Waals surface area contributed by atoms with Crippen molar-refractivity contribution in [1.29, 1.82) is 0 Å². The van der Waals surface area contributed by atoms with Crippen LogP contribution in [-0.4, -0.2) is 30.5 Å². The molecule has 1 aromatic heterocycles. The van der Waals surface area contributed by atoms with Crippen LogP contribution in [0.2, 0.25) is 0 Å². The number of anilines is 2. The molecule has 0 saturated carbocycles. The Morgan fingerprint density at radius 3 is 2.80 bits per heavy atom. The van der Waals surface area contributed by atoms with Gasteiger partial charge in [0, 0.05) is 25.8 Å². The number of carbonyl (C=O) groups is 1. The van der Waals surface area contributed by atoms with E-state index in [-0.39, 0.29) is 5.91 Å². The Kier molecular flexibility index (Phi) is 4.60. The van der Waals surface area contributed by atoms with Crippen LogP contribution in [0.25, 0.3) is 0 Å². The minimum atomic E-state index is -0.530. The van der Waals surface area contributed by atoms with Gasteiger partial charge >= 0.3 is 0 Å². The second-order valence-corrected chi connectivity index (χ2v) is 5.64. The molecule has 20 heavy (non-hydrogen) atoms. The normalized spacial score (nSPS) is 17.9. The number of hydrogen-bond donors (Lipinski definition) is 2. The fourth-order valence-electron chi connectivity index (χ4n) is 2.35. The lowest BCUT2D eigenvalue weighted by molar-refractivity contribution is -0.124. The number of nitrogens with two attached hydrogens (primary N) is 1. The summed E-state index contributed by atoms with van der Waals surface area (Å²) >= 11 is 0. The molecule has 0 bridgehead atoms. The molecule has 0 aliphatic carbocycles. The van der Waals surface area contributed by atoms with Gasteiger partial charge in [0.1, 0.15) is 0 Å². The van der Waals surface area contributed by atoms with Crippen LogP contribution in [0, 0.1) is 5.41 Å². The van der Waals surface area contributed by atoms with E-state index in [2.05, 4.69) is 15.2 Å². The van der Waals surface area contributed by atoms with Gasteiger partial charge in [0.25, 0.3) is 0 Å². The van der Waals surface area contributed by atoms with Crippen LogP contribution >= 0.6 is 0 Å². The van der Waals surface area contributed by atoms with Crippen molar-refractivity contribution in [2.75, 3.05) is 29.9 Å². The molecule has 5 nitrogen and oxygen atoms in total. The smallest absolute Gasteiger partial charge is 0.231 e. The van der Waals surface area contributed by atoms with Crippen molar-refractivity contribution >= 4 is 17.4 Å². The summed E-state index contributed by atoms with van der Waals surface area (Å²) in [6.45, 7) is 6.23. The quantitative estimate of drug-likeness (QED) is 0.863. The third-order valence-corrected chi connectivity index (χ3v) is 4.22. The van der Waals surface area contributed by atoms with Crippen LogP contribution in [0.15, 0.2) is 18.3 Å². The first-order valence-corrected chi connectivity index (χ1v) is 7.32. The molecule has 110 valence electrons. The van der Waals surface area contributed by atoms with Crippen molar-refractivity contribution in [3.63, 3.8) is 0 Å². The number of hydrogen-bond acceptors (Lipinski definition) is 4. The van der Waals surface area contributed by atoms with Crippen LogP contribution in [0.1, 0.15) is 33.1 Å². The highest BCUT2D eigenvalue weighted by atomic mass is 16.2. The molecule has 0 radical (unpaired) electrons. The molecule has 1 atom stereocenters. The Bertz CT molecular complexity index is 465. The molecule has 5 heteroatoms. The molecule has 1 aliphatic heterocycles.